The minimum absolute atomic E-state index is 0.334. The van der Waals surface area contributed by atoms with Gasteiger partial charge in [0.25, 0.3) is 0 Å². The molecule has 0 atom stereocenters. The monoisotopic (exact) mass is 216 g/mol. The number of aliphatic carboxylic acids is 1. The molecule has 0 amide bonds. The van der Waals surface area contributed by atoms with Gasteiger partial charge >= 0.3 is 5.97 Å². The second-order valence-corrected chi connectivity index (χ2v) is 3.46. The lowest BCUT2D eigenvalue weighted by Crippen LogP contribution is -1.97. The smallest absolute Gasteiger partial charge is 0.339 e. The van der Waals surface area contributed by atoms with Gasteiger partial charge in [0.05, 0.1) is 5.57 Å². The number of carbonyl (C=O) groups is 1. The number of hydrogen-bond acceptors (Lipinski definition) is 1. The van der Waals surface area contributed by atoms with E-state index in [0.717, 1.165) is 17.6 Å². The normalized spacial score (nSPS) is 9.38. The fourth-order valence-corrected chi connectivity index (χ4v) is 1.48. The van der Waals surface area contributed by atoms with Crippen LogP contribution in [0, 0.1) is 0 Å². The number of carboxylic acid groups (broad SMARTS) is 1. The van der Waals surface area contributed by atoms with Crippen LogP contribution in [0.1, 0.15) is 32.3 Å². The topological polar surface area (TPSA) is 37.3 Å². The highest BCUT2D eigenvalue weighted by molar-refractivity contribution is 5.87. The molecule has 2 heteroatoms. The fourth-order valence-electron chi connectivity index (χ4n) is 1.48. The average Bonchev–Trinajstić information content (AvgIpc) is 2.31. The largest absolute Gasteiger partial charge is 0.477 e. The van der Waals surface area contributed by atoms with Crippen molar-refractivity contribution in [2.24, 2.45) is 0 Å². The van der Waals surface area contributed by atoms with Crippen LogP contribution in [0.25, 0.3) is 5.57 Å². The first-order valence-electron chi connectivity index (χ1n) is 5.46. The SMILES string of the molecule is CCC(=C=C(CC)c1ccccc1)C(=O)O. The predicted molar refractivity (Wildman–Crippen MR) is 65.1 cm³/mol. The minimum atomic E-state index is -0.885. The van der Waals surface area contributed by atoms with Crippen molar-refractivity contribution < 1.29 is 9.90 Å². The highest BCUT2D eigenvalue weighted by Crippen LogP contribution is 2.17. The summed E-state index contributed by atoms with van der Waals surface area (Å²) in [5.41, 5.74) is 5.32. The summed E-state index contributed by atoms with van der Waals surface area (Å²) < 4.78 is 0. The molecule has 0 saturated carbocycles. The molecule has 16 heavy (non-hydrogen) atoms. The highest BCUT2D eigenvalue weighted by atomic mass is 16.4. The van der Waals surface area contributed by atoms with Crippen molar-refractivity contribution in [3.05, 3.63) is 47.2 Å². The zero-order valence-corrected chi connectivity index (χ0v) is 9.66. The van der Waals surface area contributed by atoms with E-state index >= 15 is 0 Å². The summed E-state index contributed by atoms with van der Waals surface area (Å²) in [5, 5.41) is 8.95. The molecule has 0 unspecified atom stereocenters. The molecule has 0 saturated heterocycles. The van der Waals surface area contributed by atoms with E-state index in [2.05, 4.69) is 5.73 Å². The highest BCUT2D eigenvalue weighted by Gasteiger charge is 2.04. The Labute approximate surface area is 95.9 Å². The minimum Gasteiger partial charge on any atom is -0.477 e. The zero-order valence-electron chi connectivity index (χ0n) is 9.66. The number of hydrogen-bond donors (Lipinski definition) is 1. The summed E-state index contributed by atoms with van der Waals surface area (Å²) in [4.78, 5) is 10.9. The number of rotatable bonds is 4. The van der Waals surface area contributed by atoms with Crippen LogP contribution in [0.15, 0.2) is 41.6 Å². The Morgan fingerprint density at radius 3 is 2.25 bits per heavy atom. The van der Waals surface area contributed by atoms with Crippen LogP contribution in [0.5, 0.6) is 0 Å². The molecule has 1 aromatic rings. The maximum Gasteiger partial charge on any atom is 0.339 e. The molecule has 0 aliphatic heterocycles. The van der Waals surface area contributed by atoms with Gasteiger partial charge in [0.15, 0.2) is 0 Å². The Kier molecular flexibility index (Phi) is 4.56. The molecule has 0 aliphatic rings. The van der Waals surface area contributed by atoms with Gasteiger partial charge in [-0.3, -0.25) is 0 Å². The van der Waals surface area contributed by atoms with Gasteiger partial charge in [-0.1, -0.05) is 44.2 Å². The third kappa shape index (κ3) is 3.11. The summed E-state index contributed by atoms with van der Waals surface area (Å²) in [7, 11) is 0. The van der Waals surface area contributed by atoms with Gasteiger partial charge in [-0.15, -0.1) is 5.73 Å². The summed E-state index contributed by atoms with van der Waals surface area (Å²) in [5.74, 6) is -0.885. The first kappa shape index (κ1) is 12.3. The van der Waals surface area contributed by atoms with E-state index in [1.165, 1.54) is 0 Å². The molecule has 0 aliphatic carbocycles. The second kappa shape index (κ2) is 5.94. The van der Waals surface area contributed by atoms with Crippen LogP contribution in [-0.4, -0.2) is 11.1 Å². The van der Waals surface area contributed by atoms with Crippen LogP contribution in [-0.2, 0) is 4.79 Å². The third-order valence-electron chi connectivity index (χ3n) is 2.39. The van der Waals surface area contributed by atoms with Crippen molar-refractivity contribution in [3.8, 4) is 0 Å². The summed E-state index contributed by atoms with van der Waals surface area (Å²) in [6.45, 7) is 3.83. The molecule has 0 heterocycles. The average molecular weight is 216 g/mol. The Balaban J connectivity index is 3.26. The molecule has 2 nitrogen and oxygen atoms in total. The maximum atomic E-state index is 10.9. The van der Waals surface area contributed by atoms with E-state index in [4.69, 9.17) is 5.11 Å². The van der Waals surface area contributed by atoms with Gasteiger partial charge in [0.1, 0.15) is 0 Å². The molecule has 0 bridgehead atoms. The van der Waals surface area contributed by atoms with Gasteiger partial charge in [0.2, 0.25) is 0 Å². The van der Waals surface area contributed by atoms with Gasteiger partial charge in [-0.2, -0.15) is 0 Å². The molecular formula is C14H16O2. The molecule has 0 spiro atoms. The quantitative estimate of drug-likeness (QED) is 0.617. The van der Waals surface area contributed by atoms with E-state index in [9.17, 15) is 4.79 Å². The second-order valence-electron chi connectivity index (χ2n) is 3.46. The van der Waals surface area contributed by atoms with E-state index < -0.39 is 5.97 Å². The summed E-state index contributed by atoms with van der Waals surface area (Å²) >= 11 is 0. The molecule has 84 valence electrons. The zero-order chi connectivity index (χ0) is 12.0. The molecule has 0 fully saturated rings. The lowest BCUT2D eigenvalue weighted by Gasteiger charge is -2.01. The van der Waals surface area contributed by atoms with Gasteiger partial charge in [0, 0.05) is 5.57 Å². The van der Waals surface area contributed by atoms with Crippen molar-refractivity contribution in [2.75, 3.05) is 0 Å². The molecule has 0 radical (unpaired) electrons. The first-order chi connectivity index (χ1) is 7.69. The van der Waals surface area contributed by atoms with Gasteiger partial charge in [-0.05, 0) is 18.4 Å². The Hall–Kier alpha value is -1.79. The van der Waals surface area contributed by atoms with Crippen molar-refractivity contribution in [1.29, 1.82) is 0 Å². The van der Waals surface area contributed by atoms with Crippen molar-refractivity contribution in [2.45, 2.75) is 26.7 Å². The molecule has 0 aromatic heterocycles. The number of carboxylic acids is 1. The standard InChI is InChI=1S/C14H16O2/c1-3-11(10-12(4-2)14(15)16)13-8-6-5-7-9-13/h5-9H,3-4H2,1-2H3,(H,15,16). The van der Waals surface area contributed by atoms with Crippen LogP contribution >= 0.6 is 0 Å². The third-order valence-corrected chi connectivity index (χ3v) is 2.39. The van der Waals surface area contributed by atoms with Crippen molar-refractivity contribution in [1.82, 2.24) is 0 Å². The van der Waals surface area contributed by atoms with E-state index in [-0.39, 0.29) is 0 Å². The van der Waals surface area contributed by atoms with Gasteiger partial charge in [-0.25, -0.2) is 4.79 Å². The predicted octanol–water partition coefficient (Wildman–Crippen LogP) is 3.50. The lowest BCUT2D eigenvalue weighted by atomic mass is 10.0. The lowest BCUT2D eigenvalue weighted by molar-refractivity contribution is -0.132. The fraction of sp³-hybridized carbons (Fsp3) is 0.286. The number of benzene rings is 1. The maximum absolute atomic E-state index is 10.9. The van der Waals surface area contributed by atoms with Crippen LogP contribution in [0.4, 0.5) is 0 Å². The summed E-state index contributed by atoms with van der Waals surface area (Å²) in [6, 6.07) is 9.78. The summed E-state index contributed by atoms with van der Waals surface area (Å²) in [6.07, 6.45) is 1.27. The Morgan fingerprint density at radius 2 is 1.81 bits per heavy atom. The molecule has 1 rings (SSSR count). The van der Waals surface area contributed by atoms with E-state index in [1.807, 2.05) is 44.2 Å². The van der Waals surface area contributed by atoms with Crippen LogP contribution in [0.2, 0.25) is 0 Å². The first-order valence-corrected chi connectivity index (χ1v) is 5.46. The Morgan fingerprint density at radius 1 is 1.19 bits per heavy atom. The van der Waals surface area contributed by atoms with E-state index in [0.29, 0.717) is 12.0 Å². The molecule has 1 N–H and O–H groups in total. The van der Waals surface area contributed by atoms with E-state index in [1.54, 1.807) is 0 Å². The molecular weight excluding hydrogens is 200 g/mol. The van der Waals surface area contributed by atoms with Crippen molar-refractivity contribution >= 4 is 11.5 Å². The van der Waals surface area contributed by atoms with Crippen LogP contribution in [0.3, 0.4) is 0 Å². The van der Waals surface area contributed by atoms with Crippen molar-refractivity contribution in [3.63, 3.8) is 0 Å². The Bertz CT molecular complexity index is 423. The molecule has 1 aromatic carbocycles. The van der Waals surface area contributed by atoms with Crippen LogP contribution < -0.4 is 0 Å². The van der Waals surface area contributed by atoms with Gasteiger partial charge < -0.3 is 5.11 Å².